The summed E-state index contributed by atoms with van der Waals surface area (Å²) in [6, 6.07) is 1.64. The molecule has 0 atom stereocenters. The fourth-order valence-electron chi connectivity index (χ4n) is 1.74. The third kappa shape index (κ3) is 4.29. The van der Waals surface area contributed by atoms with Crippen molar-refractivity contribution >= 4 is 30.6 Å². The Hall–Kier alpha value is -1.89. The molecule has 0 aliphatic carbocycles. The highest BCUT2D eigenvalue weighted by atomic mass is 32.1. The van der Waals surface area contributed by atoms with Crippen LogP contribution in [0.2, 0.25) is 0 Å². The van der Waals surface area contributed by atoms with Crippen molar-refractivity contribution in [3.63, 3.8) is 0 Å². The summed E-state index contributed by atoms with van der Waals surface area (Å²) in [5, 5.41) is 12.3. The number of unbranched alkanes of at least 4 members (excludes halogenated alkanes) is 1. The van der Waals surface area contributed by atoms with Crippen LogP contribution in [0.3, 0.4) is 0 Å². The van der Waals surface area contributed by atoms with Crippen LogP contribution in [0, 0.1) is 0 Å². The van der Waals surface area contributed by atoms with Gasteiger partial charge in [-0.15, -0.1) is 11.3 Å². The van der Waals surface area contributed by atoms with E-state index in [0.717, 1.165) is 18.3 Å². The van der Waals surface area contributed by atoms with E-state index in [9.17, 15) is 9.90 Å². The largest absolute Gasteiger partial charge is 0.506 e. The van der Waals surface area contributed by atoms with E-state index in [1.54, 1.807) is 17.6 Å². The molecule has 0 aliphatic rings. The first-order chi connectivity index (χ1) is 10.1. The van der Waals surface area contributed by atoms with Crippen LogP contribution in [0.4, 0.5) is 0 Å². The lowest BCUT2D eigenvalue weighted by Crippen LogP contribution is -2.09. The monoisotopic (exact) mass is 304 g/mol. The number of ether oxygens (including phenoxy) is 1. The topological polar surface area (TPSA) is 72.3 Å². The molecule has 0 saturated heterocycles. The number of carbonyl (C=O) groups is 1. The Morgan fingerprint density at radius 2 is 2.33 bits per heavy atom. The minimum atomic E-state index is -0.276. The van der Waals surface area contributed by atoms with E-state index in [1.165, 1.54) is 11.3 Å². The standard InChI is InChI=1S/C14H17BN2O3S/c1-2-3-4-20-12(19)6-10-8-21-14(17-10)13-11(18)5-9(15)7-16-13/h5,7-8,18H,2-4,6,15H2,1H3. The lowest BCUT2D eigenvalue weighted by Gasteiger charge is -2.02. The predicted molar refractivity (Wildman–Crippen MR) is 84.8 cm³/mol. The van der Waals surface area contributed by atoms with Crippen LogP contribution in [0.15, 0.2) is 17.6 Å². The first-order valence-electron chi connectivity index (χ1n) is 6.86. The van der Waals surface area contributed by atoms with Gasteiger partial charge in [-0.25, -0.2) is 4.98 Å². The Bertz CT molecular complexity index is 630. The van der Waals surface area contributed by atoms with Gasteiger partial charge < -0.3 is 9.84 Å². The smallest absolute Gasteiger partial charge is 0.311 e. The maximum atomic E-state index is 11.6. The summed E-state index contributed by atoms with van der Waals surface area (Å²) in [6.07, 6.45) is 3.68. The molecule has 7 heteroatoms. The lowest BCUT2D eigenvalue weighted by molar-refractivity contribution is -0.142. The van der Waals surface area contributed by atoms with E-state index in [1.807, 2.05) is 14.8 Å². The minimum absolute atomic E-state index is 0.0985. The molecule has 2 rings (SSSR count). The van der Waals surface area contributed by atoms with Crippen molar-refractivity contribution in [3.05, 3.63) is 23.3 Å². The Kier molecular flexibility index (Phi) is 5.33. The van der Waals surface area contributed by atoms with Gasteiger partial charge in [0.2, 0.25) is 0 Å². The van der Waals surface area contributed by atoms with Crippen LogP contribution in [0.5, 0.6) is 5.75 Å². The van der Waals surface area contributed by atoms with Crippen molar-refractivity contribution < 1.29 is 14.6 Å². The number of thiazole rings is 1. The molecule has 5 nitrogen and oxygen atoms in total. The van der Waals surface area contributed by atoms with Crippen molar-refractivity contribution in [2.45, 2.75) is 26.2 Å². The van der Waals surface area contributed by atoms with Gasteiger partial charge in [0.25, 0.3) is 0 Å². The van der Waals surface area contributed by atoms with Gasteiger partial charge in [0, 0.05) is 11.6 Å². The van der Waals surface area contributed by atoms with Crippen molar-refractivity contribution in [1.29, 1.82) is 0 Å². The molecule has 0 spiro atoms. The summed E-state index contributed by atoms with van der Waals surface area (Å²) in [5.74, 6) is -0.178. The van der Waals surface area contributed by atoms with Crippen LogP contribution >= 0.6 is 11.3 Å². The molecule has 2 heterocycles. The highest BCUT2D eigenvalue weighted by Gasteiger charge is 2.13. The molecular formula is C14H17BN2O3S. The Morgan fingerprint density at radius 1 is 1.52 bits per heavy atom. The molecule has 21 heavy (non-hydrogen) atoms. The molecule has 0 radical (unpaired) electrons. The maximum absolute atomic E-state index is 11.6. The van der Waals surface area contributed by atoms with Crippen LogP contribution in [-0.4, -0.2) is 35.5 Å². The zero-order valence-corrected chi connectivity index (χ0v) is 12.9. The SMILES string of the molecule is Bc1cnc(-c2nc(CC(=O)OCCCC)cs2)c(O)c1. The summed E-state index contributed by atoms with van der Waals surface area (Å²) < 4.78 is 5.10. The second-order valence-corrected chi connectivity index (χ2v) is 5.63. The molecular weight excluding hydrogens is 287 g/mol. The average molecular weight is 304 g/mol. The quantitative estimate of drug-likeness (QED) is 0.491. The molecule has 0 bridgehead atoms. The third-order valence-electron chi connectivity index (χ3n) is 2.85. The Labute approximate surface area is 128 Å². The number of carbonyl (C=O) groups excluding carboxylic acids is 1. The molecule has 0 fully saturated rings. The number of hydrogen-bond acceptors (Lipinski definition) is 6. The Morgan fingerprint density at radius 3 is 3.05 bits per heavy atom. The van der Waals surface area contributed by atoms with E-state index in [0.29, 0.717) is 23.0 Å². The van der Waals surface area contributed by atoms with Crippen molar-refractivity contribution in [1.82, 2.24) is 9.97 Å². The van der Waals surface area contributed by atoms with E-state index >= 15 is 0 Å². The van der Waals surface area contributed by atoms with Gasteiger partial charge in [-0.1, -0.05) is 18.8 Å². The highest BCUT2D eigenvalue weighted by molar-refractivity contribution is 7.13. The first kappa shape index (κ1) is 15.5. The summed E-state index contributed by atoms with van der Waals surface area (Å²) in [7, 11) is 1.86. The molecule has 110 valence electrons. The van der Waals surface area contributed by atoms with E-state index in [-0.39, 0.29) is 18.1 Å². The summed E-state index contributed by atoms with van der Waals surface area (Å²) in [6.45, 7) is 2.49. The van der Waals surface area contributed by atoms with Crippen LogP contribution < -0.4 is 5.46 Å². The predicted octanol–water partition coefficient (Wildman–Crippen LogP) is 1.05. The number of hydrogen-bond donors (Lipinski definition) is 1. The third-order valence-corrected chi connectivity index (χ3v) is 3.74. The van der Waals surface area contributed by atoms with Gasteiger partial charge in [0.05, 0.1) is 18.7 Å². The van der Waals surface area contributed by atoms with Gasteiger partial charge in [-0.3, -0.25) is 9.78 Å². The number of pyridine rings is 1. The van der Waals surface area contributed by atoms with Crippen LogP contribution in [0.25, 0.3) is 10.7 Å². The normalized spacial score (nSPS) is 10.5. The van der Waals surface area contributed by atoms with E-state index in [4.69, 9.17) is 4.74 Å². The minimum Gasteiger partial charge on any atom is -0.506 e. The van der Waals surface area contributed by atoms with Gasteiger partial charge in [-0.2, -0.15) is 0 Å². The van der Waals surface area contributed by atoms with E-state index < -0.39 is 0 Å². The first-order valence-corrected chi connectivity index (χ1v) is 7.74. The molecule has 2 aromatic rings. The molecule has 2 aromatic heterocycles. The van der Waals surface area contributed by atoms with E-state index in [2.05, 4.69) is 9.97 Å². The average Bonchev–Trinajstić information content (AvgIpc) is 2.87. The Balaban J connectivity index is 2.02. The second-order valence-electron chi connectivity index (χ2n) is 4.78. The van der Waals surface area contributed by atoms with Gasteiger partial charge >= 0.3 is 5.97 Å². The van der Waals surface area contributed by atoms with Crippen molar-refractivity contribution in [2.24, 2.45) is 0 Å². The summed E-state index contributed by atoms with van der Waals surface area (Å²) in [5.41, 5.74) is 1.96. The van der Waals surface area contributed by atoms with Crippen molar-refractivity contribution in [3.8, 4) is 16.5 Å². The fourth-order valence-corrected chi connectivity index (χ4v) is 2.57. The molecule has 0 aromatic carbocycles. The van der Waals surface area contributed by atoms with Crippen LogP contribution in [-0.2, 0) is 16.0 Å². The van der Waals surface area contributed by atoms with Crippen LogP contribution in [0.1, 0.15) is 25.5 Å². The molecule has 1 N–H and O–H groups in total. The molecule has 0 unspecified atom stereocenters. The fraction of sp³-hybridized carbons (Fsp3) is 0.357. The number of aromatic hydroxyl groups is 1. The second kappa shape index (κ2) is 7.22. The number of nitrogens with zero attached hydrogens (tertiary/aromatic N) is 2. The number of aromatic nitrogens is 2. The number of rotatable bonds is 6. The zero-order valence-electron chi connectivity index (χ0n) is 12.1. The maximum Gasteiger partial charge on any atom is 0.311 e. The molecule has 0 amide bonds. The molecule has 0 saturated carbocycles. The van der Waals surface area contributed by atoms with Gasteiger partial charge in [0.1, 0.15) is 24.3 Å². The highest BCUT2D eigenvalue weighted by Crippen LogP contribution is 2.28. The van der Waals surface area contributed by atoms with Crippen molar-refractivity contribution in [2.75, 3.05) is 6.61 Å². The zero-order chi connectivity index (χ0) is 15.2. The summed E-state index contributed by atoms with van der Waals surface area (Å²) >= 11 is 1.35. The van der Waals surface area contributed by atoms with Gasteiger partial charge in [0.15, 0.2) is 0 Å². The molecule has 0 aliphatic heterocycles. The summed E-state index contributed by atoms with van der Waals surface area (Å²) in [4.78, 5) is 20.1. The number of esters is 1. The van der Waals surface area contributed by atoms with Gasteiger partial charge in [-0.05, 0) is 12.5 Å². The lowest BCUT2D eigenvalue weighted by atomic mass is 9.98.